The number of nitrogens with two attached hydrogens (primary N) is 1. The highest BCUT2D eigenvalue weighted by atomic mass is 32.1. The van der Waals surface area contributed by atoms with Gasteiger partial charge in [-0.25, -0.2) is 13.6 Å². The van der Waals surface area contributed by atoms with Crippen LogP contribution in [-0.4, -0.2) is 77.6 Å². The number of halogens is 5. The second kappa shape index (κ2) is 12.1. The Morgan fingerprint density at radius 2 is 2.04 bits per heavy atom. The summed E-state index contributed by atoms with van der Waals surface area (Å²) in [5.41, 5.74) is 2.97. The number of rotatable bonds is 7. The van der Waals surface area contributed by atoms with Crippen molar-refractivity contribution >= 4 is 54.7 Å². The van der Waals surface area contributed by atoms with Crippen molar-refractivity contribution in [1.82, 2.24) is 19.8 Å². The van der Waals surface area contributed by atoms with E-state index in [2.05, 4.69) is 26.3 Å². The summed E-state index contributed by atoms with van der Waals surface area (Å²) >= 11 is 0.706. The Morgan fingerprint density at radius 1 is 1.30 bits per heavy atom. The van der Waals surface area contributed by atoms with Gasteiger partial charge >= 0.3 is 12.2 Å². The molecule has 1 spiro atoms. The molecule has 3 atom stereocenters. The van der Waals surface area contributed by atoms with E-state index in [-0.39, 0.29) is 73.6 Å². The monoisotopic (exact) mass is 711 g/mol. The summed E-state index contributed by atoms with van der Waals surface area (Å²) in [5, 5.41) is -0.533. The van der Waals surface area contributed by atoms with Crippen molar-refractivity contribution in [3.8, 4) is 17.1 Å². The molecule has 50 heavy (non-hydrogen) atoms. The van der Waals surface area contributed by atoms with Gasteiger partial charge in [0, 0.05) is 48.6 Å². The van der Waals surface area contributed by atoms with E-state index in [9.17, 15) is 9.18 Å². The summed E-state index contributed by atoms with van der Waals surface area (Å²) in [5.74, 6) is -2.42. The third kappa shape index (κ3) is 5.49. The lowest BCUT2D eigenvalue weighted by molar-refractivity contribution is -0.137. The number of nitrogens with zero attached hydrogens (tertiary/aromatic N) is 6. The molecule has 9 nitrogen and oxygen atoms in total. The Hall–Kier alpha value is -4.55. The van der Waals surface area contributed by atoms with Crippen LogP contribution in [0.4, 0.5) is 38.5 Å². The van der Waals surface area contributed by atoms with Gasteiger partial charge in [0.25, 0.3) is 0 Å². The van der Waals surface area contributed by atoms with Gasteiger partial charge in [0.05, 0.1) is 27.9 Å². The summed E-state index contributed by atoms with van der Waals surface area (Å²) in [6, 6.07) is 1.80. The molecule has 3 aliphatic rings. The number of alkyl halides is 3. The second-order valence-corrected chi connectivity index (χ2v) is 14.6. The van der Waals surface area contributed by atoms with Gasteiger partial charge in [0.1, 0.15) is 23.8 Å². The largest absolute Gasteiger partial charge is 0.462 e. The first-order chi connectivity index (χ1) is 23.7. The van der Waals surface area contributed by atoms with Crippen LogP contribution in [0.3, 0.4) is 0 Å². The number of thiophene rings is 1. The maximum Gasteiger partial charge on any atom is 0.417 e. The zero-order chi connectivity index (χ0) is 35.9. The molecule has 2 aromatic heterocycles. The number of likely N-dealkylation sites (tertiary alicyclic amines) is 2. The second-order valence-electron chi connectivity index (χ2n) is 13.6. The standard InChI is InChI=1S/C35H34F5N7O2S/c1-6-24(48)47-12-9-23(17(47)2)46(5)32-20-13-21(35(38,39)40)25(19-7-8-22(36)30-26(19)29(42-3)31(41)50-30)27(37)28(20)43-33(44-32)49-15-18-14-34(10-11-34)16-45(18)4/h6-8,13,17-18,23H,1,9-12,14-16,41H2,2,4-5H3/t17-,18+,23?/m1/s1. The van der Waals surface area contributed by atoms with Crippen molar-refractivity contribution in [2.24, 2.45) is 5.41 Å². The molecule has 1 unspecified atom stereocenters. The molecule has 3 fully saturated rings. The van der Waals surface area contributed by atoms with Gasteiger partial charge in [-0.15, -0.1) is 11.3 Å². The third-order valence-corrected chi connectivity index (χ3v) is 11.6. The van der Waals surface area contributed by atoms with Crippen LogP contribution < -0.4 is 15.4 Å². The minimum Gasteiger partial charge on any atom is -0.462 e. The van der Waals surface area contributed by atoms with Crippen molar-refractivity contribution < 1.29 is 31.5 Å². The van der Waals surface area contributed by atoms with Crippen molar-refractivity contribution in [3.63, 3.8) is 0 Å². The molecule has 2 saturated heterocycles. The Morgan fingerprint density at radius 3 is 2.68 bits per heavy atom. The Balaban J connectivity index is 1.43. The average Bonchev–Trinajstić information content (AvgIpc) is 3.39. The first-order valence-corrected chi connectivity index (χ1v) is 17.0. The fourth-order valence-corrected chi connectivity index (χ4v) is 8.74. The predicted octanol–water partition coefficient (Wildman–Crippen LogP) is 7.42. The van der Waals surface area contributed by atoms with Gasteiger partial charge in [-0.05, 0) is 68.8 Å². The number of aromatic nitrogens is 2. The van der Waals surface area contributed by atoms with Crippen molar-refractivity contribution in [2.45, 2.75) is 56.9 Å². The zero-order valence-corrected chi connectivity index (χ0v) is 28.4. The fraction of sp³-hybridized carbons (Fsp3) is 0.429. The van der Waals surface area contributed by atoms with E-state index < -0.39 is 40.5 Å². The number of carbonyl (C=O) groups is 1. The Bertz CT molecular complexity index is 2110. The number of nitrogen functional groups attached to an aromatic ring is 1. The van der Waals surface area contributed by atoms with Crippen LogP contribution in [0.15, 0.2) is 30.9 Å². The van der Waals surface area contributed by atoms with E-state index in [1.54, 1.807) is 16.8 Å². The highest BCUT2D eigenvalue weighted by molar-refractivity contribution is 7.23. The summed E-state index contributed by atoms with van der Waals surface area (Å²) in [7, 11) is 3.64. The molecular formula is C35H34F5N7O2S. The SMILES string of the molecule is [C-]#[N+]c1c(N)sc2c(F)ccc(-c3c(C(F)(F)F)cc4c(N(C)C5CCN(C(=O)C=C)[C@@H]5C)nc(OC[C@@H]5CC6(CC6)CN5C)nc4c3F)c12. The van der Waals surface area contributed by atoms with Gasteiger partial charge in [-0.3, -0.25) is 9.69 Å². The van der Waals surface area contributed by atoms with Crippen LogP contribution in [0.5, 0.6) is 6.01 Å². The molecule has 0 radical (unpaired) electrons. The maximum atomic E-state index is 17.1. The van der Waals surface area contributed by atoms with E-state index in [1.165, 1.54) is 6.08 Å². The van der Waals surface area contributed by atoms with E-state index in [4.69, 9.17) is 17.0 Å². The quantitative estimate of drug-likeness (QED) is 0.121. The molecule has 262 valence electrons. The minimum absolute atomic E-state index is 0.00461. The average molecular weight is 712 g/mol. The van der Waals surface area contributed by atoms with E-state index in [0.717, 1.165) is 44.0 Å². The minimum atomic E-state index is -5.09. The highest BCUT2D eigenvalue weighted by Crippen LogP contribution is 2.54. The molecule has 0 bridgehead atoms. The zero-order valence-electron chi connectivity index (χ0n) is 27.6. The van der Waals surface area contributed by atoms with Crippen LogP contribution in [0, 0.1) is 23.6 Å². The van der Waals surface area contributed by atoms with Crippen LogP contribution in [0.25, 0.3) is 37.0 Å². The lowest BCUT2D eigenvalue weighted by atomic mass is 9.93. The molecular weight excluding hydrogens is 677 g/mol. The number of amides is 1. The van der Waals surface area contributed by atoms with Crippen molar-refractivity contribution in [2.75, 3.05) is 44.4 Å². The molecule has 2 aromatic carbocycles. The van der Waals surface area contributed by atoms with Gasteiger partial charge in [0.2, 0.25) is 11.6 Å². The molecule has 4 heterocycles. The lowest BCUT2D eigenvalue weighted by Gasteiger charge is -2.32. The van der Waals surface area contributed by atoms with Crippen molar-refractivity contribution in [3.05, 3.63) is 59.5 Å². The van der Waals surface area contributed by atoms with E-state index in [1.807, 2.05) is 14.0 Å². The number of hydrogen-bond acceptors (Lipinski definition) is 8. The summed E-state index contributed by atoms with van der Waals surface area (Å²) < 4.78 is 83.0. The fourth-order valence-electron chi connectivity index (χ4n) is 7.80. The van der Waals surface area contributed by atoms with E-state index in [0.29, 0.717) is 24.3 Å². The van der Waals surface area contributed by atoms with Crippen LogP contribution in [0.1, 0.15) is 38.2 Å². The first-order valence-electron chi connectivity index (χ1n) is 16.2. The number of carbonyl (C=O) groups excluding carboxylic acids is 1. The molecule has 1 saturated carbocycles. The molecule has 15 heteroatoms. The van der Waals surface area contributed by atoms with Gasteiger partial charge in [0.15, 0.2) is 5.82 Å². The predicted molar refractivity (Wildman–Crippen MR) is 182 cm³/mol. The van der Waals surface area contributed by atoms with Crippen LogP contribution >= 0.6 is 11.3 Å². The van der Waals surface area contributed by atoms with E-state index >= 15 is 17.6 Å². The van der Waals surface area contributed by atoms with Gasteiger partial charge < -0.3 is 20.3 Å². The molecule has 1 amide bonds. The number of hydrogen-bond donors (Lipinski definition) is 1. The van der Waals surface area contributed by atoms with Crippen molar-refractivity contribution in [1.29, 1.82) is 0 Å². The van der Waals surface area contributed by atoms with Gasteiger partial charge in [-0.2, -0.15) is 23.1 Å². The third-order valence-electron chi connectivity index (χ3n) is 10.6. The Labute approximate surface area is 288 Å². The number of benzene rings is 2. The summed E-state index contributed by atoms with van der Waals surface area (Å²) in [6.45, 7) is 14.5. The van der Waals surface area contributed by atoms with Crippen LogP contribution in [0.2, 0.25) is 0 Å². The van der Waals surface area contributed by atoms with Crippen LogP contribution in [-0.2, 0) is 11.0 Å². The molecule has 1 aliphatic carbocycles. The number of anilines is 2. The lowest BCUT2D eigenvalue weighted by Crippen LogP contribution is -2.43. The Kier molecular flexibility index (Phi) is 8.18. The number of ether oxygens (including phenoxy) is 1. The highest BCUT2D eigenvalue weighted by Gasteiger charge is 2.51. The molecule has 4 aromatic rings. The molecule has 7 rings (SSSR count). The normalized spacial score (nSPS) is 21.7. The summed E-state index contributed by atoms with van der Waals surface area (Å²) in [6.07, 6.45) is -0.231. The number of fused-ring (bicyclic) bond motifs is 2. The maximum absolute atomic E-state index is 17.1. The van der Waals surface area contributed by atoms with Gasteiger partial charge in [-0.1, -0.05) is 12.6 Å². The molecule has 2 N–H and O–H groups in total. The summed E-state index contributed by atoms with van der Waals surface area (Å²) in [4.78, 5) is 30.3. The topological polar surface area (TPSA) is 92.2 Å². The smallest absolute Gasteiger partial charge is 0.417 e. The first kappa shape index (κ1) is 33.9. The number of likely N-dealkylation sites (N-methyl/N-ethyl adjacent to an activating group) is 2. The molecule has 2 aliphatic heterocycles.